The van der Waals surface area contributed by atoms with E-state index in [4.69, 9.17) is 11.6 Å². The van der Waals surface area contributed by atoms with Gasteiger partial charge in [0.25, 0.3) is 0 Å². The summed E-state index contributed by atoms with van der Waals surface area (Å²) in [7, 11) is 3.81. The van der Waals surface area contributed by atoms with E-state index in [1.54, 1.807) is 0 Å². The molecule has 11 heteroatoms. The lowest BCUT2D eigenvalue weighted by Gasteiger charge is -2.22. The summed E-state index contributed by atoms with van der Waals surface area (Å²) < 4.78 is 40.0. The Balaban J connectivity index is 1.94. The molecule has 0 radical (unpaired) electrons. The van der Waals surface area contributed by atoms with Gasteiger partial charge in [-0.1, -0.05) is 11.6 Å². The van der Waals surface area contributed by atoms with Crippen LogP contribution in [0.5, 0.6) is 0 Å². The monoisotopic (exact) mass is 417 g/mol. The fraction of sp³-hybridized carbons (Fsp3) is 0.471. The summed E-state index contributed by atoms with van der Waals surface area (Å²) >= 11 is 6.01. The first kappa shape index (κ1) is 21.8. The average Bonchev–Trinajstić information content (AvgIpc) is 2.94. The highest BCUT2D eigenvalue weighted by Crippen LogP contribution is 2.27. The largest absolute Gasteiger partial charge is 0.433 e. The first-order valence-electron chi connectivity index (χ1n) is 8.65. The molecular formula is C17H23ClF3N7. The molecule has 0 aliphatic heterocycles. The van der Waals surface area contributed by atoms with Crippen LogP contribution < -0.4 is 10.6 Å². The molecule has 0 amide bonds. The molecule has 2 rings (SSSR count). The van der Waals surface area contributed by atoms with Gasteiger partial charge in [-0.15, -0.1) is 0 Å². The van der Waals surface area contributed by atoms with Crippen molar-refractivity contribution < 1.29 is 13.2 Å². The Bertz CT molecular complexity index is 804. The van der Waals surface area contributed by atoms with Gasteiger partial charge in [0.2, 0.25) is 5.95 Å². The van der Waals surface area contributed by atoms with Gasteiger partial charge in [0.1, 0.15) is 5.69 Å². The third-order valence-corrected chi connectivity index (χ3v) is 3.98. The van der Waals surface area contributed by atoms with Crippen molar-refractivity contribution in [1.82, 2.24) is 24.8 Å². The number of hydrogen-bond donors (Lipinski definition) is 2. The minimum absolute atomic E-state index is 0.0816. The maximum Gasteiger partial charge on any atom is 0.433 e. The maximum absolute atomic E-state index is 12.7. The molecule has 0 atom stereocenters. The van der Waals surface area contributed by atoms with E-state index >= 15 is 0 Å². The van der Waals surface area contributed by atoms with Gasteiger partial charge in [-0.2, -0.15) is 13.2 Å². The van der Waals surface area contributed by atoms with Gasteiger partial charge in [0.15, 0.2) is 5.96 Å². The normalized spacial score (nSPS) is 12.2. The molecule has 0 bridgehead atoms. The quantitative estimate of drug-likeness (QED) is 0.412. The molecule has 2 aromatic heterocycles. The van der Waals surface area contributed by atoms with E-state index in [-0.39, 0.29) is 5.95 Å². The fourth-order valence-electron chi connectivity index (χ4n) is 2.44. The van der Waals surface area contributed by atoms with Crippen LogP contribution in [-0.4, -0.2) is 52.1 Å². The second-order valence-electron chi connectivity index (χ2n) is 6.04. The second-order valence-corrected chi connectivity index (χ2v) is 6.48. The van der Waals surface area contributed by atoms with E-state index in [0.717, 1.165) is 18.0 Å². The van der Waals surface area contributed by atoms with Crippen LogP contribution in [0.1, 0.15) is 18.3 Å². The molecule has 0 aliphatic rings. The van der Waals surface area contributed by atoms with Gasteiger partial charge in [-0.3, -0.25) is 4.99 Å². The van der Waals surface area contributed by atoms with Crippen LogP contribution in [0.2, 0.25) is 5.02 Å². The molecule has 28 heavy (non-hydrogen) atoms. The van der Waals surface area contributed by atoms with Crippen LogP contribution >= 0.6 is 11.6 Å². The lowest BCUT2D eigenvalue weighted by Crippen LogP contribution is -2.39. The van der Waals surface area contributed by atoms with Crippen molar-refractivity contribution in [3.05, 3.63) is 40.9 Å². The summed E-state index contributed by atoms with van der Waals surface area (Å²) in [6, 6.07) is 2.71. The number of alkyl halides is 3. The SMILES string of the molecule is CCNC(=NCCNc1nccc(C(F)(F)F)n1)N(C)Cc1cc(Cl)cn1C. The number of rotatable bonds is 7. The Morgan fingerprint density at radius 3 is 2.75 bits per heavy atom. The van der Waals surface area contributed by atoms with Gasteiger partial charge in [-0.25, -0.2) is 9.97 Å². The number of aliphatic imine (C=N–C) groups is 1. The van der Waals surface area contributed by atoms with Gasteiger partial charge in [0, 0.05) is 45.3 Å². The summed E-state index contributed by atoms with van der Waals surface area (Å²) in [5, 5.41) is 6.61. The highest BCUT2D eigenvalue weighted by atomic mass is 35.5. The maximum atomic E-state index is 12.7. The third-order valence-electron chi connectivity index (χ3n) is 3.77. The highest BCUT2D eigenvalue weighted by molar-refractivity contribution is 6.30. The molecule has 0 aliphatic carbocycles. The zero-order valence-corrected chi connectivity index (χ0v) is 16.6. The van der Waals surface area contributed by atoms with Gasteiger partial charge < -0.3 is 20.1 Å². The van der Waals surface area contributed by atoms with Crippen molar-refractivity contribution >= 4 is 23.5 Å². The molecule has 2 N–H and O–H groups in total. The van der Waals surface area contributed by atoms with Crippen molar-refractivity contribution in [2.45, 2.75) is 19.6 Å². The smallest absolute Gasteiger partial charge is 0.357 e. The van der Waals surface area contributed by atoms with Crippen LogP contribution in [0.15, 0.2) is 29.5 Å². The zero-order chi connectivity index (χ0) is 20.7. The van der Waals surface area contributed by atoms with Crippen LogP contribution in [0.3, 0.4) is 0 Å². The Kier molecular flexibility index (Phi) is 7.50. The van der Waals surface area contributed by atoms with E-state index in [2.05, 4.69) is 25.6 Å². The molecule has 0 saturated carbocycles. The summed E-state index contributed by atoms with van der Waals surface area (Å²) in [5.41, 5.74) is 0.0383. The first-order chi connectivity index (χ1) is 13.2. The molecule has 2 heterocycles. The first-order valence-corrected chi connectivity index (χ1v) is 9.02. The third kappa shape index (κ3) is 6.29. The van der Waals surface area contributed by atoms with E-state index in [0.29, 0.717) is 37.2 Å². The van der Waals surface area contributed by atoms with E-state index in [1.807, 2.05) is 42.7 Å². The highest BCUT2D eigenvalue weighted by Gasteiger charge is 2.32. The van der Waals surface area contributed by atoms with Crippen molar-refractivity contribution in [3.63, 3.8) is 0 Å². The Labute approximate surface area is 166 Å². The number of nitrogens with zero attached hydrogens (tertiary/aromatic N) is 5. The van der Waals surface area contributed by atoms with Crippen LogP contribution in [0.4, 0.5) is 19.1 Å². The standard InChI is InChI=1S/C17H23ClF3N7/c1-4-22-16(28(3)11-13-9-12(18)10-27(13)2)25-8-7-24-15-23-6-5-14(26-15)17(19,20)21/h5-6,9-10H,4,7-8,11H2,1-3H3,(H,22,25)(H,23,24,26). The number of guanidine groups is 1. The number of nitrogens with one attached hydrogen (secondary N) is 2. The second kappa shape index (κ2) is 9.63. The minimum atomic E-state index is -4.50. The predicted octanol–water partition coefficient (Wildman–Crippen LogP) is 3.00. The molecule has 0 aromatic carbocycles. The number of halogens is 4. The molecule has 0 spiro atoms. The van der Waals surface area contributed by atoms with Crippen LogP contribution in [0, 0.1) is 0 Å². The molecule has 0 unspecified atom stereocenters. The van der Waals surface area contributed by atoms with Crippen LogP contribution in [0.25, 0.3) is 0 Å². The molecule has 7 nitrogen and oxygen atoms in total. The topological polar surface area (TPSA) is 70.4 Å². The molecule has 154 valence electrons. The summed E-state index contributed by atoms with van der Waals surface area (Å²) in [5.74, 6) is 0.591. The Morgan fingerprint density at radius 2 is 2.14 bits per heavy atom. The fourth-order valence-corrected chi connectivity index (χ4v) is 2.71. The molecule has 0 fully saturated rings. The summed E-state index contributed by atoms with van der Waals surface area (Å²) in [6.07, 6.45) is -1.60. The van der Waals surface area contributed by atoms with Crippen molar-refractivity contribution in [2.24, 2.45) is 12.0 Å². The predicted molar refractivity (Wildman–Crippen MR) is 103 cm³/mol. The number of hydrogen-bond acceptors (Lipinski definition) is 4. The zero-order valence-electron chi connectivity index (χ0n) is 15.9. The number of aryl methyl sites for hydroxylation is 1. The minimum Gasteiger partial charge on any atom is -0.357 e. The van der Waals surface area contributed by atoms with Crippen LogP contribution in [-0.2, 0) is 19.8 Å². The number of aromatic nitrogens is 3. The molecular weight excluding hydrogens is 395 g/mol. The van der Waals surface area contributed by atoms with Crippen molar-refractivity contribution in [2.75, 3.05) is 32.0 Å². The summed E-state index contributed by atoms with van der Waals surface area (Å²) in [6.45, 7) is 3.86. The van der Waals surface area contributed by atoms with E-state index < -0.39 is 11.9 Å². The van der Waals surface area contributed by atoms with Crippen molar-refractivity contribution in [1.29, 1.82) is 0 Å². The summed E-state index contributed by atoms with van der Waals surface area (Å²) in [4.78, 5) is 13.7. The molecule has 0 saturated heterocycles. The van der Waals surface area contributed by atoms with E-state index in [9.17, 15) is 13.2 Å². The lowest BCUT2D eigenvalue weighted by atomic mass is 10.4. The van der Waals surface area contributed by atoms with Crippen molar-refractivity contribution in [3.8, 4) is 0 Å². The van der Waals surface area contributed by atoms with Gasteiger partial charge in [0.05, 0.1) is 18.1 Å². The Morgan fingerprint density at radius 1 is 1.39 bits per heavy atom. The van der Waals surface area contributed by atoms with Gasteiger partial charge in [-0.05, 0) is 19.1 Å². The Hall–Kier alpha value is -2.49. The lowest BCUT2D eigenvalue weighted by molar-refractivity contribution is -0.141. The molecule has 2 aromatic rings. The van der Waals surface area contributed by atoms with E-state index in [1.165, 1.54) is 0 Å². The number of anilines is 1. The average molecular weight is 418 g/mol. The van der Waals surface area contributed by atoms with Gasteiger partial charge >= 0.3 is 6.18 Å².